The summed E-state index contributed by atoms with van der Waals surface area (Å²) < 4.78 is 26.1. The lowest BCUT2D eigenvalue weighted by atomic mass is 10.2. The third kappa shape index (κ3) is 4.69. The Morgan fingerprint density at radius 1 is 1.37 bits per heavy atom. The smallest absolute Gasteiger partial charge is 0.258 e. The normalized spacial score (nSPS) is 10.9. The Morgan fingerprint density at radius 3 is 2.74 bits per heavy atom. The molecule has 0 spiro atoms. The molecule has 0 aliphatic heterocycles. The molecule has 0 saturated heterocycles. The van der Waals surface area contributed by atoms with E-state index in [-0.39, 0.29) is 17.1 Å². The van der Waals surface area contributed by atoms with Gasteiger partial charge >= 0.3 is 0 Å². The second kappa shape index (κ2) is 6.87. The molecule has 1 rings (SSSR count). The first-order chi connectivity index (χ1) is 8.97. The number of hydrogen-bond acceptors (Lipinski definition) is 4. The van der Waals surface area contributed by atoms with Crippen molar-refractivity contribution in [1.29, 1.82) is 0 Å². The van der Waals surface area contributed by atoms with Crippen molar-refractivity contribution >= 4 is 15.7 Å². The van der Waals surface area contributed by atoms with E-state index in [1.54, 1.807) is 0 Å². The molecule has 0 aliphatic carbocycles. The summed E-state index contributed by atoms with van der Waals surface area (Å²) in [5.41, 5.74) is -0.254. The summed E-state index contributed by atoms with van der Waals surface area (Å²) in [5, 5.41) is 10.6. The molecule has 1 aromatic rings. The molecule has 0 bridgehead atoms. The van der Waals surface area contributed by atoms with Crippen molar-refractivity contribution in [2.24, 2.45) is 0 Å². The summed E-state index contributed by atoms with van der Waals surface area (Å²) >= 11 is 0. The van der Waals surface area contributed by atoms with Gasteiger partial charge in [-0.3, -0.25) is 10.1 Å². The van der Waals surface area contributed by atoms with E-state index in [9.17, 15) is 18.5 Å². The number of rotatable bonds is 7. The zero-order valence-electron chi connectivity index (χ0n) is 10.2. The van der Waals surface area contributed by atoms with Crippen LogP contribution >= 0.6 is 0 Å². The highest BCUT2D eigenvalue weighted by Crippen LogP contribution is 2.17. The first-order valence-electron chi connectivity index (χ1n) is 5.65. The number of nitrogens with one attached hydrogen (secondary N) is 1. The topological polar surface area (TPSA) is 89.3 Å². The third-order valence-electron chi connectivity index (χ3n) is 2.38. The Bertz CT molecular complexity index is 590. The van der Waals surface area contributed by atoms with Crippen LogP contribution in [0.1, 0.15) is 19.3 Å². The molecule has 0 amide bonds. The highest BCUT2D eigenvalue weighted by Gasteiger charge is 2.16. The maximum atomic E-state index is 11.9. The minimum Gasteiger partial charge on any atom is -0.258 e. The summed E-state index contributed by atoms with van der Waals surface area (Å²) in [7, 11) is -3.71. The molecule has 0 radical (unpaired) electrons. The van der Waals surface area contributed by atoms with Crippen LogP contribution in [0.25, 0.3) is 0 Å². The van der Waals surface area contributed by atoms with E-state index < -0.39 is 14.9 Å². The van der Waals surface area contributed by atoms with Gasteiger partial charge in [0.25, 0.3) is 5.69 Å². The summed E-state index contributed by atoms with van der Waals surface area (Å²) in [6.07, 6.45) is 7.03. The van der Waals surface area contributed by atoms with Gasteiger partial charge in [-0.05, 0) is 18.9 Å². The monoisotopic (exact) mass is 282 g/mol. The molecule has 7 heteroatoms. The molecule has 0 atom stereocenters. The number of hydrogen-bond donors (Lipinski definition) is 1. The quantitative estimate of drug-likeness (QED) is 0.356. The van der Waals surface area contributed by atoms with Gasteiger partial charge in [0.2, 0.25) is 10.0 Å². The molecule has 1 N–H and O–H groups in total. The largest absolute Gasteiger partial charge is 0.270 e. The Balaban J connectivity index is 2.70. The van der Waals surface area contributed by atoms with E-state index in [1.165, 1.54) is 18.2 Å². The van der Waals surface area contributed by atoms with Crippen molar-refractivity contribution < 1.29 is 13.3 Å². The highest BCUT2D eigenvalue weighted by atomic mass is 32.2. The van der Waals surface area contributed by atoms with Crippen LogP contribution in [0.5, 0.6) is 0 Å². The van der Waals surface area contributed by atoms with E-state index in [4.69, 9.17) is 6.42 Å². The average molecular weight is 282 g/mol. The fourth-order valence-electron chi connectivity index (χ4n) is 1.41. The average Bonchev–Trinajstić information content (AvgIpc) is 2.38. The van der Waals surface area contributed by atoms with Gasteiger partial charge in [0, 0.05) is 25.1 Å². The lowest BCUT2D eigenvalue weighted by molar-refractivity contribution is -0.385. The van der Waals surface area contributed by atoms with Crippen molar-refractivity contribution in [3.05, 3.63) is 34.4 Å². The van der Waals surface area contributed by atoms with E-state index in [1.807, 2.05) is 0 Å². The number of non-ortho nitro benzene ring substituents is 1. The van der Waals surface area contributed by atoms with Crippen LogP contribution in [-0.2, 0) is 10.0 Å². The molecule has 19 heavy (non-hydrogen) atoms. The third-order valence-corrected chi connectivity index (χ3v) is 3.84. The van der Waals surface area contributed by atoms with E-state index in [0.717, 1.165) is 12.5 Å². The maximum Gasteiger partial charge on any atom is 0.270 e. The van der Waals surface area contributed by atoms with Crippen molar-refractivity contribution in [3.8, 4) is 12.3 Å². The van der Waals surface area contributed by atoms with E-state index in [2.05, 4.69) is 10.6 Å². The van der Waals surface area contributed by atoms with Gasteiger partial charge in [0.15, 0.2) is 0 Å². The molecule has 1 aromatic carbocycles. The van der Waals surface area contributed by atoms with Crippen LogP contribution in [0.3, 0.4) is 0 Å². The summed E-state index contributed by atoms with van der Waals surface area (Å²) in [5.74, 6) is 2.46. The van der Waals surface area contributed by atoms with Crippen molar-refractivity contribution in [2.75, 3.05) is 6.54 Å². The number of nitro benzene ring substituents is 1. The Labute approximate surface area is 112 Å². The molecule has 0 unspecified atom stereocenters. The number of nitro groups is 1. The zero-order valence-corrected chi connectivity index (χ0v) is 11.0. The molecule has 0 heterocycles. The van der Waals surface area contributed by atoms with Crippen LogP contribution in [-0.4, -0.2) is 19.9 Å². The second-order valence-corrected chi connectivity index (χ2v) is 5.58. The molecule has 0 aromatic heterocycles. The minimum atomic E-state index is -3.71. The van der Waals surface area contributed by atoms with Gasteiger partial charge in [-0.2, -0.15) is 0 Å². The lowest BCUT2D eigenvalue weighted by Crippen LogP contribution is -2.24. The SMILES string of the molecule is C#CCCCCNS(=O)(=O)c1cccc([N+](=O)[O-])c1. The predicted octanol–water partition coefficient (Wildman–Crippen LogP) is 1.68. The lowest BCUT2D eigenvalue weighted by Gasteiger charge is -2.05. The highest BCUT2D eigenvalue weighted by molar-refractivity contribution is 7.89. The predicted molar refractivity (Wildman–Crippen MR) is 71.0 cm³/mol. The van der Waals surface area contributed by atoms with Crippen LogP contribution in [0, 0.1) is 22.5 Å². The van der Waals surface area contributed by atoms with Gasteiger partial charge in [-0.25, -0.2) is 13.1 Å². The van der Waals surface area contributed by atoms with Crippen LogP contribution < -0.4 is 4.72 Å². The standard InChI is InChI=1S/C12H14N2O4S/c1-2-3-4-5-9-13-19(17,18)12-8-6-7-11(10-12)14(15)16/h1,6-8,10,13H,3-5,9H2. The molecule has 6 nitrogen and oxygen atoms in total. The molecule has 0 aliphatic rings. The number of unbranched alkanes of at least 4 members (excludes halogenated alkanes) is 2. The Hall–Kier alpha value is -1.91. The molecular weight excluding hydrogens is 268 g/mol. The van der Waals surface area contributed by atoms with Crippen molar-refractivity contribution in [1.82, 2.24) is 4.72 Å². The maximum absolute atomic E-state index is 11.9. The summed E-state index contributed by atoms with van der Waals surface area (Å²) in [4.78, 5) is 9.84. The minimum absolute atomic E-state index is 0.112. The zero-order chi connectivity index (χ0) is 14.3. The van der Waals surface area contributed by atoms with Crippen LogP contribution in [0.15, 0.2) is 29.2 Å². The van der Waals surface area contributed by atoms with Crippen molar-refractivity contribution in [3.63, 3.8) is 0 Å². The van der Waals surface area contributed by atoms with E-state index >= 15 is 0 Å². The fraction of sp³-hybridized carbons (Fsp3) is 0.333. The van der Waals surface area contributed by atoms with E-state index in [0.29, 0.717) is 12.8 Å². The molecule has 0 fully saturated rings. The second-order valence-electron chi connectivity index (χ2n) is 3.81. The first kappa shape index (κ1) is 15.1. The first-order valence-corrected chi connectivity index (χ1v) is 7.13. The van der Waals surface area contributed by atoms with Gasteiger partial charge in [-0.15, -0.1) is 12.3 Å². The number of sulfonamides is 1. The molecular formula is C12H14N2O4S. The van der Waals surface area contributed by atoms with Gasteiger partial charge in [0.1, 0.15) is 0 Å². The van der Waals surface area contributed by atoms with Gasteiger partial charge in [0.05, 0.1) is 9.82 Å². The summed E-state index contributed by atoms with van der Waals surface area (Å²) in [6.45, 7) is 0.257. The fourth-order valence-corrected chi connectivity index (χ4v) is 2.52. The Morgan fingerprint density at radius 2 is 2.11 bits per heavy atom. The number of terminal acetylenes is 1. The van der Waals surface area contributed by atoms with Gasteiger partial charge < -0.3 is 0 Å². The number of nitrogens with zero attached hydrogens (tertiary/aromatic N) is 1. The molecule has 0 saturated carbocycles. The number of benzene rings is 1. The summed E-state index contributed by atoms with van der Waals surface area (Å²) in [6, 6.07) is 4.93. The van der Waals surface area contributed by atoms with Crippen molar-refractivity contribution in [2.45, 2.75) is 24.2 Å². The van der Waals surface area contributed by atoms with Crippen LogP contribution in [0.2, 0.25) is 0 Å². The molecule has 102 valence electrons. The van der Waals surface area contributed by atoms with Gasteiger partial charge in [-0.1, -0.05) is 6.07 Å². The Kier molecular flexibility index (Phi) is 5.48. The van der Waals surface area contributed by atoms with Crippen LogP contribution in [0.4, 0.5) is 5.69 Å².